The number of rotatable bonds is 3. The highest BCUT2D eigenvalue weighted by atomic mass is 79.9. The summed E-state index contributed by atoms with van der Waals surface area (Å²) in [7, 11) is 0. The first kappa shape index (κ1) is 13.1. The summed E-state index contributed by atoms with van der Waals surface area (Å²) in [5.41, 5.74) is 3.32. The van der Waals surface area contributed by atoms with Crippen molar-refractivity contribution in [2.24, 2.45) is 0 Å². The molecule has 1 heterocycles. The molecule has 0 N–H and O–H groups in total. The fourth-order valence-corrected chi connectivity index (χ4v) is 2.13. The molecule has 3 heteroatoms. The van der Waals surface area contributed by atoms with Gasteiger partial charge in [0.25, 0.3) is 0 Å². The summed E-state index contributed by atoms with van der Waals surface area (Å²) in [5, 5.41) is 0. The number of halogens is 1. The fraction of sp³-hybridized carbons (Fsp3) is 0.267. The minimum absolute atomic E-state index is 0.0341. The first-order chi connectivity index (χ1) is 8.52. The van der Waals surface area contributed by atoms with Crippen molar-refractivity contribution in [2.45, 2.75) is 27.2 Å². The number of hydrogen-bond acceptors (Lipinski definition) is 2. The third-order valence-electron chi connectivity index (χ3n) is 2.92. The number of carbonyl (C=O) groups excluding carboxylic acids is 1. The molecule has 0 unspecified atom stereocenters. The van der Waals surface area contributed by atoms with Crippen LogP contribution in [0.4, 0.5) is 0 Å². The van der Waals surface area contributed by atoms with Crippen molar-refractivity contribution in [3.05, 3.63) is 45.6 Å². The van der Waals surface area contributed by atoms with Crippen LogP contribution >= 0.6 is 15.9 Å². The number of carbonyl (C=O) groups is 1. The predicted octanol–water partition coefficient (Wildman–Crippen LogP) is 4.92. The van der Waals surface area contributed by atoms with E-state index < -0.39 is 0 Å². The molecule has 0 aliphatic carbocycles. The third kappa shape index (κ3) is 2.41. The van der Waals surface area contributed by atoms with Gasteiger partial charge in [-0.3, -0.25) is 4.79 Å². The maximum atomic E-state index is 11.5. The van der Waals surface area contributed by atoms with Gasteiger partial charge in [-0.1, -0.05) is 22.9 Å². The molecule has 0 aliphatic heterocycles. The Morgan fingerprint density at radius 3 is 2.39 bits per heavy atom. The molecule has 0 amide bonds. The average Bonchev–Trinajstić information content (AvgIpc) is 2.84. The van der Waals surface area contributed by atoms with E-state index >= 15 is 0 Å². The quantitative estimate of drug-likeness (QED) is 0.753. The van der Waals surface area contributed by atoms with Crippen molar-refractivity contribution in [1.29, 1.82) is 0 Å². The Hall–Kier alpha value is -1.35. The smallest absolute Gasteiger partial charge is 0.197 e. The molecule has 0 spiro atoms. The van der Waals surface area contributed by atoms with Crippen LogP contribution in [0, 0.1) is 13.8 Å². The highest BCUT2D eigenvalue weighted by Crippen LogP contribution is 2.29. The van der Waals surface area contributed by atoms with Crippen LogP contribution in [-0.4, -0.2) is 5.78 Å². The number of ketones is 1. The molecule has 0 fully saturated rings. The number of benzene rings is 1. The molecular weight excluding hydrogens is 292 g/mol. The van der Waals surface area contributed by atoms with E-state index in [2.05, 4.69) is 28.1 Å². The Morgan fingerprint density at radius 1 is 1.22 bits per heavy atom. The van der Waals surface area contributed by atoms with Gasteiger partial charge in [0, 0.05) is 16.5 Å². The summed E-state index contributed by atoms with van der Waals surface area (Å²) in [5.74, 6) is 1.21. The van der Waals surface area contributed by atoms with Crippen LogP contribution < -0.4 is 0 Å². The molecule has 2 aromatic rings. The molecule has 2 nitrogen and oxygen atoms in total. The topological polar surface area (TPSA) is 30.2 Å². The predicted molar refractivity (Wildman–Crippen MR) is 75.9 cm³/mol. The average molecular weight is 307 g/mol. The second-order valence-corrected chi connectivity index (χ2v) is 5.16. The van der Waals surface area contributed by atoms with Gasteiger partial charge in [0.05, 0.1) is 0 Å². The number of hydrogen-bond donors (Lipinski definition) is 0. The van der Waals surface area contributed by atoms with E-state index in [-0.39, 0.29) is 5.78 Å². The number of Topliss-reactive ketones (excluding diaryl/α,β-unsaturated/α-hetero) is 1. The molecule has 2 rings (SSSR count). The fourth-order valence-electron chi connectivity index (χ4n) is 1.91. The van der Waals surface area contributed by atoms with Gasteiger partial charge in [-0.2, -0.15) is 0 Å². The highest BCUT2D eigenvalue weighted by Gasteiger charge is 2.11. The van der Waals surface area contributed by atoms with E-state index in [0.717, 1.165) is 26.9 Å². The Bertz CT molecular complexity index is 573. The molecular formula is C15H15BrO2. The van der Waals surface area contributed by atoms with E-state index in [9.17, 15) is 4.79 Å². The van der Waals surface area contributed by atoms with Gasteiger partial charge in [-0.05, 0) is 49.2 Å². The van der Waals surface area contributed by atoms with Gasteiger partial charge in [-0.25, -0.2) is 0 Å². The Morgan fingerprint density at radius 2 is 1.83 bits per heavy atom. The van der Waals surface area contributed by atoms with Gasteiger partial charge in [-0.15, -0.1) is 0 Å². The minimum atomic E-state index is 0.0341. The molecule has 1 aromatic carbocycles. The van der Waals surface area contributed by atoms with Crippen molar-refractivity contribution in [1.82, 2.24) is 0 Å². The Balaban J connectivity index is 2.43. The van der Waals surface area contributed by atoms with E-state index in [1.807, 2.05) is 26.8 Å². The van der Waals surface area contributed by atoms with Crippen LogP contribution in [0.1, 0.15) is 35.0 Å². The lowest BCUT2D eigenvalue weighted by atomic mass is 10.1. The van der Waals surface area contributed by atoms with Gasteiger partial charge < -0.3 is 4.42 Å². The molecule has 0 aliphatic rings. The van der Waals surface area contributed by atoms with Gasteiger partial charge in [0.15, 0.2) is 11.5 Å². The van der Waals surface area contributed by atoms with Crippen LogP contribution in [0.2, 0.25) is 0 Å². The summed E-state index contributed by atoms with van der Waals surface area (Å²) in [4.78, 5) is 11.5. The van der Waals surface area contributed by atoms with Crippen LogP contribution in [0.15, 0.2) is 33.2 Å². The Labute approximate surface area is 115 Å². The van der Waals surface area contributed by atoms with Crippen LogP contribution in [0.3, 0.4) is 0 Å². The molecule has 94 valence electrons. The number of aryl methyl sites for hydroxylation is 2. The largest absolute Gasteiger partial charge is 0.453 e. The summed E-state index contributed by atoms with van der Waals surface area (Å²) in [6.07, 6.45) is 0.464. The molecule has 0 saturated carbocycles. The van der Waals surface area contributed by atoms with E-state index in [0.29, 0.717) is 12.2 Å². The first-order valence-electron chi connectivity index (χ1n) is 5.93. The minimum Gasteiger partial charge on any atom is -0.453 e. The van der Waals surface area contributed by atoms with E-state index in [1.165, 1.54) is 0 Å². The normalized spacial score (nSPS) is 10.7. The number of furan rings is 1. The van der Waals surface area contributed by atoms with Crippen molar-refractivity contribution in [3.63, 3.8) is 0 Å². The second kappa shape index (κ2) is 5.11. The Kier molecular flexibility index (Phi) is 3.71. The standard InChI is InChI=1S/C15H15BrO2/c1-4-12(17)14-6-5-13(18-14)11-7-9(2)15(16)10(3)8-11/h5-8H,4H2,1-3H3. The molecule has 0 atom stereocenters. The summed E-state index contributed by atoms with van der Waals surface area (Å²) in [6.45, 7) is 5.92. The lowest BCUT2D eigenvalue weighted by Crippen LogP contribution is -1.92. The second-order valence-electron chi connectivity index (χ2n) is 4.36. The maximum Gasteiger partial charge on any atom is 0.197 e. The van der Waals surface area contributed by atoms with Crippen molar-refractivity contribution in [2.75, 3.05) is 0 Å². The van der Waals surface area contributed by atoms with Gasteiger partial charge in [0.2, 0.25) is 0 Å². The SMILES string of the molecule is CCC(=O)c1ccc(-c2cc(C)c(Br)c(C)c2)o1. The third-order valence-corrected chi connectivity index (χ3v) is 4.17. The van der Waals surface area contributed by atoms with Crippen molar-refractivity contribution < 1.29 is 9.21 Å². The molecule has 0 radical (unpaired) electrons. The van der Waals surface area contributed by atoms with Crippen molar-refractivity contribution >= 4 is 21.7 Å². The lowest BCUT2D eigenvalue weighted by Gasteiger charge is -2.05. The zero-order valence-corrected chi connectivity index (χ0v) is 12.3. The molecule has 18 heavy (non-hydrogen) atoms. The van der Waals surface area contributed by atoms with Crippen LogP contribution in [-0.2, 0) is 0 Å². The molecule has 0 saturated heterocycles. The van der Waals surface area contributed by atoms with Gasteiger partial charge >= 0.3 is 0 Å². The lowest BCUT2D eigenvalue weighted by molar-refractivity contribution is 0.0962. The van der Waals surface area contributed by atoms with Crippen LogP contribution in [0.5, 0.6) is 0 Å². The molecule has 0 bridgehead atoms. The van der Waals surface area contributed by atoms with E-state index in [1.54, 1.807) is 6.07 Å². The highest BCUT2D eigenvalue weighted by molar-refractivity contribution is 9.10. The molecule has 1 aromatic heterocycles. The maximum absolute atomic E-state index is 11.5. The van der Waals surface area contributed by atoms with Gasteiger partial charge in [0.1, 0.15) is 5.76 Å². The summed E-state index contributed by atoms with van der Waals surface area (Å²) < 4.78 is 6.72. The van der Waals surface area contributed by atoms with E-state index in [4.69, 9.17) is 4.42 Å². The van der Waals surface area contributed by atoms with Crippen LogP contribution in [0.25, 0.3) is 11.3 Å². The zero-order valence-electron chi connectivity index (χ0n) is 10.7. The zero-order chi connectivity index (χ0) is 13.3. The summed E-state index contributed by atoms with van der Waals surface area (Å²) >= 11 is 3.54. The first-order valence-corrected chi connectivity index (χ1v) is 6.72. The summed E-state index contributed by atoms with van der Waals surface area (Å²) in [6, 6.07) is 7.70. The monoisotopic (exact) mass is 306 g/mol. The van der Waals surface area contributed by atoms with Crippen molar-refractivity contribution in [3.8, 4) is 11.3 Å².